The fraction of sp³-hybridized carbons (Fsp3) is 0.706. The summed E-state index contributed by atoms with van der Waals surface area (Å²) in [6, 6.07) is 2.47. The van der Waals surface area contributed by atoms with E-state index in [1.807, 2.05) is 10.8 Å². The third kappa shape index (κ3) is 6.34. The van der Waals surface area contributed by atoms with Gasteiger partial charge >= 0.3 is 0 Å². The molecule has 0 aliphatic heterocycles. The van der Waals surface area contributed by atoms with E-state index in [9.17, 15) is 4.79 Å². The van der Waals surface area contributed by atoms with Crippen LogP contribution in [-0.4, -0.2) is 23.6 Å². The Labute approximate surface area is 129 Å². The molecule has 21 heavy (non-hydrogen) atoms. The number of hydrogen-bond acceptors (Lipinski definition) is 2. The highest BCUT2D eigenvalue weighted by Crippen LogP contribution is 2.21. The van der Waals surface area contributed by atoms with Gasteiger partial charge in [0, 0.05) is 25.0 Å². The van der Waals surface area contributed by atoms with Crippen LogP contribution in [0.4, 0.5) is 0 Å². The second kappa shape index (κ2) is 8.88. The van der Waals surface area contributed by atoms with Crippen LogP contribution in [0.5, 0.6) is 0 Å². The molecule has 4 heteroatoms. The van der Waals surface area contributed by atoms with Crippen molar-refractivity contribution in [2.45, 2.75) is 53.6 Å². The van der Waals surface area contributed by atoms with Crippen LogP contribution >= 0.6 is 0 Å². The highest BCUT2D eigenvalue weighted by atomic mass is 16.1. The van der Waals surface area contributed by atoms with Crippen molar-refractivity contribution < 1.29 is 4.79 Å². The Balaban J connectivity index is 2.60. The molecular formula is C17H31N3O. The zero-order valence-corrected chi connectivity index (χ0v) is 14.1. The smallest absolute Gasteiger partial charge is 0.239 e. The van der Waals surface area contributed by atoms with Gasteiger partial charge in [-0.05, 0) is 36.4 Å². The van der Waals surface area contributed by atoms with E-state index in [-0.39, 0.29) is 5.91 Å². The van der Waals surface area contributed by atoms with Crippen molar-refractivity contribution in [1.82, 2.24) is 15.2 Å². The summed E-state index contributed by atoms with van der Waals surface area (Å²) in [6.45, 7) is 13.0. The summed E-state index contributed by atoms with van der Waals surface area (Å²) >= 11 is 0. The van der Waals surface area contributed by atoms with Crippen LogP contribution in [0.1, 0.15) is 52.6 Å². The van der Waals surface area contributed by atoms with E-state index >= 15 is 0 Å². The summed E-state index contributed by atoms with van der Waals surface area (Å²) in [6.07, 6.45) is 5.21. The third-order valence-corrected chi connectivity index (χ3v) is 3.45. The molecule has 0 aromatic carbocycles. The van der Waals surface area contributed by atoms with Crippen LogP contribution in [0.2, 0.25) is 0 Å². The monoisotopic (exact) mass is 293 g/mol. The molecule has 1 aromatic heterocycles. The Morgan fingerprint density at radius 2 is 2.00 bits per heavy atom. The lowest BCUT2D eigenvalue weighted by Crippen LogP contribution is -2.30. The fourth-order valence-corrected chi connectivity index (χ4v) is 2.32. The van der Waals surface area contributed by atoms with E-state index in [4.69, 9.17) is 0 Å². The van der Waals surface area contributed by atoms with Crippen molar-refractivity contribution >= 4 is 5.91 Å². The fourth-order valence-electron chi connectivity index (χ4n) is 2.32. The number of carbonyl (C=O) groups is 1. The molecule has 0 saturated carbocycles. The summed E-state index contributed by atoms with van der Waals surface area (Å²) in [5.41, 5.74) is 1.26. The summed E-state index contributed by atoms with van der Waals surface area (Å²) in [5, 5.41) is 6.53. The number of carbonyl (C=O) groups excluding carboxylic acids is 1. The molecular weight excluding hydrogens is 262 g/mol. The molecule has 1 aromatic rings. The normalized spacial score (nSPS) is 12.9. The highest BCUT2D eigenvalue weighted by molar-refractivity contribution is 5.75. The number of amides is 1. The first-order chi connectivity index (χ1) is 9.93. The van der Waals surface area contributed by atoms with Gasteiger partial charge in [0.15, 0.2) is 0 Å². The summed E-state index contributed by atoms with van der Waals surface area (Å²) in [7, 11) is 0. The molecule has 0 aliphatic carbocycles. The van der Waals surface area contributed by atoms with Crippen LogP contribution in [0.25, 0.3) is 0 Å². The van der Waals surface area contributed by atoms with Crippen LogP contribution < -0.4 is 10.6 Å². The van der Waals surface area contributed by atoms with Crippen molar-refractivity contribution in [3.05, 3.63) is 24.0 Å². The molecule has 0 saturated heterocycles. The topological polar surface area (TPSA) is 46.1 Å². The summed E-state index contributed by atoms with van der Waals surface area (Å²) in [4.78, 5) is 11.9. The molecule has 1 amide bonds. The maximum Gasteiger partial charge on any atom is 0.239 e. The van der Waals surface area contributed by atoms with E-state index in [0.29, 0.717) is 24.4 Å². The van der Waals surface area contributed by atoms with Gasteiger partial charge in [-0.15, -0.1) is 0 Å². The van der Waals surface area contributed by atoms with E-state index < -0.39 is 0 Å². The minimum Gasteiger partial charge on any atom is -0.354 e. The number of nitrogens with zero attached hydrogens (tertiary/aromatic N) is 1. The highest BCUT2D eigenvalue weighted by Gasteiger charge is 2.16. The van der Waals surface area contributed by atoms with Crippen molar-refractivity contribution in [2.24, 2.45) is 11.8 Å². The minimum absolute atomic E-state index is 0.0773. The molecule has 1 rings (SSSR count). The number of aromatic nitrogens is 1. The predicted octanol–water partition coefficient (Wildman–Crippen LogP) is 2.96. The summed E-state index contributed by atoms with van der Waals surface area (Å²) in [5.74, 6) is 1.09. The third-order valence-electron chi connectivity index (χ3n) is 3.45. The first kappa shape index (κ1) is 17.8. The van der Waals surface area contributed by atoms with Crippen molar-refractivity contribution in [1.29, 1.82) is 0 Å². The standard InChI is InChI=1S/C17H31N3O/c1-6-8-18-17(14(4)5)15-7-9-20(11-15)12-16(21)19-10-13(2)3/h7,9,11,13-14,17-18H,6,8,10,12H2,1-5H3,(H,19,21). The van der Waals surface area contributed by atoms with Gasteiger partial charge in [-0.1, -0.05) is 34.6 Å². The predicted molar refractivity (Wildman–Crippen MR) is 88.2 cm³/mol. The average Bonchev–Trinajstić information content (AvgIpc) is 2.84. The molecule has 4 nitrogen and oxygen atoms in total. The minimum atomic E-state index is 0.0773. The van der Waals surface area contributed by atoms with Gasteiger partial charge < -0.3 is 15.2 Å². The molecule has 120 valence electrons. The van der Waals surface area contributed by atoms with Crippen LogP contribution in [0, 0.1) is 11.8 Å². The van der Waals surface area contributed by atoms with Crippen LogP contribution in [0.15, 0.2) is 18.5 Å². The van der Waals surface area contributed by atoms with Crippen LogP contribution in [-0.2, 0) is 11.3 Å². The lowest BCUT2D eigenvalue weighted by Gasteiger charge is -2.21. The molecule has 0 aliphatic rings. The first-order valence-electron chi connectivity index (χ1n) is 8.09. The van der Waals surface area contributed by atoms with Gasteiger partial charge in [-0.3, -0.25) is 4.79 Å². The van der Waals surface area contributed by atoms with Crippen molar-refractivity contribution in [3.8, 4) is 0 Å². The average molecular weight is 293 g/mol. The van der Waals surface area contributed by atoms with E-state index in [1.54, 1.807) is 0 Å². The lowest BCUT2D eigenvalue weighted by atomic mass is 9.98. The first-order valence-corrected chi connectivity index (χ1v) is 8.09. The van der Waals surface area contributed by atoms with E-state index in [2.05, 4.69) is 57.5 Å². The maximum atomic E-state index is 11.9. The molecule has 1 atom stereocenters. The quantitative estimate of drug-likeness (QED) is 0.735. The zero-order valence-electron chi connectivity index (χ0n) is 14.1. The number of rotatable bonds is 9. The van der Waals surface area contributed by atoms with E-state index in [0.717, 1.165) is 19.5 Å². The molecule has 1 heterocycles. The van der Waals surface area contributed by atoms with Gasteiger partial charge in [-0.2, -0.15) is 0 Å². The Bertz CT molecular complexity index is 423. The molecule has 2 N–H and O–H groups in total. The van der Waals surface area contributed by atoms with E-state index in [1.165, 1.54) is 5.56 Å². The largest absolute Gasteiger partial charge is 0.354 e. The molecule has 1 unspecified atom stereocenters. The van der Waals surface area contributed by atoms with Gasteiger partial charge in [-0.25, -0.2) is 0 Å². The van der Waals surface area contributed by atoms with Gasteiger partial charge in [0.05, 0.1) is 0 Å². The second-order valence-corrected chi connectivity index (χ2v) is 6.49. The molecule has 0 radical (unpaired) electrons. The van der Waals surface area contributed by atoms with Gasteiger partial charge in [0.2, 0.25) is 5.91 Å². The lowest BCUT2D eigenvalue weighted by molar-refractivity contribution is -0.121. The Kier molecular flexibility index (Phi) is 7.51. The van der Waals surface area contributed by atoms with Crippen LogP contribution in [0.3, 0.4) is 0 Å². The molecule has 0 spiro atoms. The Hall–Kier alpha value is -1.29. The number of hydrogen-bond donors (Lipinski definition) is 2. The number of nitrogens with one attached hydrogen (secondary N) is 2. The van der Waals surface area contributed by atoms with Crippen molar-refractivity contribution in [3.63, 3.8) is 0 Å². The van der Waals surface area contributed by atoms with Gasteiger partial charge in [0.25, 0.3) is 0 Å². The van der Waals surface area contributed by atoms with Gasteiger partial charge in [0.1, 0.15) is 6.54 Å². The summed E-state index contributed by atoms with van der Waals surface area (Å²) < 4.78 is 1.97. The molecule has 0 fully saturated rings. The molecule has 0 bridgehead atoms. The second-order valence-electron chi connectivity index (χ2n) is 6.49. The van der Waals surface area contributed by atoms with Crippen molar-refractivity contribution in [2.75, 3.05) is 13.1 Å². The Morgan fingerprint density at radius 3 is 2.57 bits per heavy atom. The SMILES string of the molecule is CCCNC(c1ccn(CC(=O)NCC(C)C)c1)C(C)C. The zero-order chi connectivity index (χ0) is 15.8. The Morgan fingerprint density at radius 1 is 1.29 bits per heavy atom. The maximum absolute atomic E-state index is 11.9.